The third-order valence-corrected chi connectivity index (χ3v) is 6.66. The fraction of sp³-hybridized carbons (Fsp3) is 0.214. The number of nitro benzene ring substituents is 3. The quantitative estimate of drug-likeness (QED) is 0.113. The summed E-state index contributed by atoms with van der Waals surface area (Å²) in [7, 11) is 0. The van der Waals surface area contributed by atoms with Crippen LogP contribution in [0.4, 0.5) is 40.6 Å². The summed E-state index contributed by atoms with van der Waals surface area (Å²) in [6.07, 6.45) is 5.70. The van der Waals surface area contributed by atoms with Gasteiger partial charge in [0.2, 0.25) is 23.6 Å². The van der Waals surface area contributed by atoms with Crippen LogP contribution in [-0.4, -0.2) is 49.0 Å². The van der Waals surface area contributed by atoms with Gasteiger partial charge in [-0.15, -0.1) is 0 Å². The summed E-state index contributed by atoms with van der Waals surface area (Å²) < 4.78 is 5.67. The Hall–Kier alpha value is -6.26. The first kappa shape index (κ1) is 30.2. The minimum absolute atomic E-state index is 0.0430. The summed E-state index contributed by atoms with van der Waals surface area (Å²) in [5, 5.41) is 40.8. The minimum atomic E-state index is -0.753. The summed E-state index contributed by atoms with van der Waals surface area (Å²) >= 11 is 0. The lowest BCUT2D eigenvalue weighted by molar-refractivity contribution is -0.394. The number of aromatic nitrogens is 3. The fourth-order valence-corrected chi connectivity index (χ4v) is 4.48. The standard InChI is InChI=1S/C28H26N10O7/c39-36(40)21-10-8-20(9-11-21)30-26-31-27(33-28(32-26)35-14-3-1-2-4-15-35)34-29-18-19-6-5-7-23(16-19)45-25-13-12-22(37(41)42)17-24(25)38(43)44/h5-13,16-18H,1-4,14-15H2,(H2,30,31,32,33,34)/b29-18-. The highest BCUT2D eigenvalue weighted by molar-refractivity contribution is 5.80. The zero-order valence-corrected chi connectivity index (χ0v) is 23.6. The van der Waals surface area contributed by atoms with Gasteiger partial charge in [-0.05, 0) is 48.7 Å². The van der Waals surface area contributed by atoms with Crippen molar-refractivity contribution in [3.63, 3.8) is 0 Å². The van der Waals surface area contributed by atoms with E-state index in [1.807, 2.05) is 0 Å². The van der Waals surface area contributed by atoms with Crippen LogP contribution in [0.2, 0.25) is 0 Å². The molecule has 0 atom stereocenters. The fourth-order valence-electron chi connectivity index (χ4n) is 4.48. The van der Waals surface area contributed by atoms with E-state index in [0.717, 1.165) is 50.9 Å². The van der Waals surface area contributed by atoms with E-state index >= 15 is 0 Å². The molecule has 3 aromatic carbocycles. The summed E-state index contributed by atoms with van der Waals surface area (Å²) in [5.74, 6) is 0.912. The average molecular weight is 615 g/mol. The number of rotatable bonds is 11. The van der Waals surface area contributed by atoms with Crippen LogP contribution in [0.1, 0.15) is 31.2 Å². The van der Waals surface area contributed by atoms with Gasteiger partial charge in [0.25, 0.3) is 11.4 Å². The first-order chi connectivity index (χ1) is 21.7. The van der Waals surface area contributed by atoms with Gasteiger partial charge in [-0.2, -0.15) is 20.1 Å². The topological polar surface area (TPSA) is 217 Å². The number of benzene rings is 3. The molecule has 17 heteroatoms. The van der Waals surface area contributed by atoms with Gasteiger partial charge in [-0.3, -0.25) is 30.3 Å². The number of non-ortho nitro benzene ring substituents is 2. The Kier molecular flexibility index (Phi) is 9.27. The Labute approximate surface area is 255 Å². The molecule has 0 amide bonds. The Morgan fingerprint density at radius 2 is 1.47 bits per heavy atom. The molecule has 0 aliphatic carbocycles. The molecule has 2 heterocycles. The van der Waals surface area contributed by atoms with Gasteiger partial charge in [-0.25, -0.2) is 5.43 Å². The molecule has 2 N–H and O–H groups in total. The monoisotopic (exact) mass is 614 g/mol. The van der Waals surface area contributed by atoms with Crippen molar-refractivity contribution in [2.24, 2.45) is 5.10 Å². The molecule has 1 saturated heterocycles. The molecule has 0 saturated carbocycles. The van der Waals surface area contributed by atoms with Crippen LogP contribution in [0.3, 0.4) is 0 Å². The number of hydrazone groups is 1. The van der Waals surface area contributed by atoms with Crippen molar-refractivity contribution < 1.29 is 19.5 Å². The van der Waals surface area contributed by atoms with Crippen LogP contribution >= 0.6 is 0 Å². The maximum atomic E-state index is 11.5. The van der Waals surface area contributed by atoms with Gasteiger partial charge in [0.05, 0.1) is 27.1 Å². The first-order valence-electron chi connectivity index (χ1n) is 13.8. The van der Waals surface area contributed by atoms with E-state index in [-0.39, 0.29) is 29.1 Å². The second-order valence-corrected chi connectivity index (χ2v) is 9.82. The number of anilines is 4. The lowest BCUT2D eigenvalue weighted by Crippen LogP contribution is -2.26. The predicted molar refractivity (Wildman–Crippen MR) is 164 cm³/mol. The van der Waals surface area contributed by atoms with Gasteiger partial charge in [0.15, 0.2) is 0 Å². The van der Waals surface area contributed by atoms with Gasteiger partial charge < -0.3 is 15.0 Å². The highest BCUT2D eigenvalue weighted by Crippen LogP contribution is 2.34. The number of nitro groups is 3. The third kappa shape index (κ3) is 7.98. The Morgan fingerprint density at radius 1 is 0.778 bits per heavy atom. The summed E-state index contributed by atoms with van der Waals surface area (Å²) in [5.41, 5.74) is 2.91. The highest BCUT2D eigenvalue weighted by Gasteiger charge is 2.21. The molecular formula is C28H26N10O7. The third-order valence-electron chi connectivity index (χ3n) is 6.66. The first-order valence-corrected chi connectivity index (χ1v) is 13.8. The molecule has 0 bridgehead atoms. The molecule has 230 valence electrons. The van der Waals surface area contributed by atoms with E-state index in [9.17, 15) is 30.3 Å². The average Bonchev–Trinajstić information content (AvgIpc) is 3.31. The van der Waals surface area contributed by atoms with E-state index in [0.29, 0.717) is 17.2 Å². The van der Waals surface area contributed by atoms with Crippen molar-refractivity contribution in [1.29, 1.82) is 0 Å². The van der Waals surface area contributed by atoms with Crippen molar-refractivity contribution in [3.05, 3.63) is 103 Å². The lowest BCUT2D eigenvalue weighted by atomic mass is 10.2. The number of nitrogens with zero attached hydrogens (tertiary/aromatic N) is 8. The normalized spacial score (nSPS) is 13.2. The second-order valence-electron chi connectivity index (χ2n) is 9.82. The number of hydrogen-bond donors (Lipinski definition) is 2. The number of nitrogens with one attached hydrogen (secondary N) is 2. The summed E-state index contributed by atoms with van der Waals surface area (Å²) in [6, 6.07) is 15.5. The van der Waals surface area contributed by atoms with Crippen molar-refractivity contribution in [2.75, 3.05) is 28.7 Å². The van der Waals surface area contributed by atoms with E-state index in [2.05, 4.69) is 35.7 Å². The zero-order valence-electron chi connectivity index (χ0n) is 23.6. The maximum Gasteiger partial charge on any atom is 0.318 e. The van der Waals surface area contributed by atoms with Crippen LogP contribution in [-0.2, 0) is 0 Å². The molecule has 4 aromatic rings. The molecule has 0 unspecified atom stereocenters. The van der Waals surface area contributed by atoms with E-state index in [4.69, 9.17) is 4.74 Å². The van der Waals surface area contributed by atoms with E-state index < -0.39 is 26.1 Å². The lowest BCUT2D eigenvalue weighted by Gasteiger charge is -2.21. The summed E-state index contributed by atoms with van der Waals surface area (Å²) in [6.45, 7) is 1.56. The molecule has 0 spiro atoms. The van der Waals surface area contributed by atoms with Crippen molar-refractivity contribution in [1.82, 2.24) is 15.0 Å². The molecule has 0 radical (unpaired) electrons. The molecule has 45 heavy (non-hydrogen) atoms. The molecule has 1 aliphatic heterocycles. The molecule has 1 fully saturated rings. The Balaban J connectivity index is 1.34. The zero-order chi connectivity index (χ0) is 31.8. The van der Waals surface area contributed by atoms with Crippen LogP contribution in [0, 0.1) is 30.3 Å². The van der Waals surface area contributed by atoms with E-state index in [1.165, 1.54) is 24.4 Å². The molecule has 1 aromatic heterocycles. The van der Waals surface area contributed by atoms with E-state index in [1.54, 1.807) is 36.4 Å². The smallest absolute Gasteiger partial charge is 0.318 e. The highest BCUT2D eigenvalue weighted by atomic mass is 16.6. The largest absolute Gasteiger partial charge is 0.450 e. The van der Waals surface area contributed by atoms with Crippen molar-refractivity contribution in [2.45, 2.75) is 25.7 Å². The van der Waals surface area contributed by atoms with Gasteiger partial charge in [0.1, 0.15) is 5.75 Å². The second kappa shape index (κ2) is 13.8. The maximum absolute atomic E-state index is 11.5. The van der Waals surface area contributed by atoms with Crippen LogP contribution < -0.4 is 20.4 Å². The molecular weight excluding hydrogens is 588 g/mol. The minimum Gasteiger partial charge on any atom is -0.450 e. The Morgan fingerprint density at radius 3 is 2.16 bits per heavy atom. The predicted octanol–water partition coefficient (Wildman–Crippen LogP) is 5.96. The van der Waals surface area contributed by atoms with Gasteiger partial charge >= 0.3 is 5.69 Å². The summed E-state index contributed by atoms with van der Waals surface area (Å²) in [4.78, 5) is 47.1. The number of hydrogen-bond acceptors (Lipinski definition) is 14. The Bertz CT molecular complexity index is 1740. The molecule has 1 aliphatic rings. The van der Waals surface area contributed by atoms with Crippen LogP contribution in [0.25, 0.3) is 0 Å². The van der Waals surface area contributed by atoms with Crippen LogP contribution in [0.5, 0.6) is 11.5 Å². The van der Waals surface area contributed by atoms with Gasteiger partial charge in [0, 0.05) is 37.0 Å². The van der Waals surface area contributed by atoms with Crippen molar-refractivity contribution >= 4 is 46.8 Å². The van der Waals surface area contributed by atoms with Gasteiger partial charge in [-0.1, -0.05) is 25.0 Å². The van der Waals surface area contributed by atoms with Crippen LogP contribution in [0.15, 0.2) is 71.8 Å². The number of ether oxygens (including phenoxy) is 1. The molecule has 5 rings (SSSR count). The van der Waals surface area contributed by atoms with Crippen molar-refractivity contribution in [3.8, 4) is 11.5 Å². The molecule has 17 nitrogen and oxygen atoms in total. The SMILES string of the molecule is O=[N+]([O-])c1ccc(Nc2nc(N/N=C\c3cccc(Oc4ccc([N+](=O)[O-])cc4[N+](=O)[O-])c3)nc(N3CCCCCC3)n2)cc1.